The second kappa shape index (κ2) is 9.81. The summed E-state index contributed by atoms with van der Waals surface area (Å²) in [6, 6.07) is 4.78. The summed E-state index contributed by atoms with van der Waals surface area (Å²) >= 11 is 0. The Morgan fingerprint density at radius 2 is 1.96 bits per heavy atom. The van der Waals surface area contributed by atoms with Gasteiger partial charge in [-0.25, -0.2) is 0 Å². The van der Waals surface area contributed by atoms with Crippen LogP contribution in [0.5, 0.6) is 0 Å². The van der Waals surface area contributed by atoms with Gasteiger partial charge >= 0.3 is 0 Å². The quantitative estimate of drug-likeness (QED) is 0.298. The third kappa shape index (κ3) is 6.05. The number of benzene rings is 1. The lowest BCUT2D eigenvalue weighted by atomic mass is 10.1. The number of amides is 4. The summed E-state index contributed by atoms with van der Waals surface area (Å²) in [6.07, 6.45) is 2.41. The van der Waals surface area contributed by atoms with Gasteiger partial charge in [0, 0.05) is 25.6 Å². The molecule has 4 amide bonds. The highest BCUT2D eigenvalue weighted by Crippen LogP contribution is 2.23. The zero-order valence-corrected chi connectivity index (χ0v) is 13.8. The van der Waals surface area contributed by atoms with Crippen LogP contribution in [0, 0.1) is 0 Å². The van der Waals surface area contributed by atoms with Gasteiger partial charge in [0.2, 0.25) is 11.8 Å². The van der Waals surface area contributed by atoms with Crippen molar-refractivity contribution in [3.05, 3.63) is 29.3 Å². The number of unbranched alkanes of at least 4 members (excludes halogenated alkanes) is 1. The molecular weight excluding hydrogens is 328 g/mol. The van der Waals surface area contributed by atoms with Crippen LogP contribution in [0.1, 0.15) is 40.0 Å². The largest absolute Gasteiger partial charge is 0.375 e. The molecule has 0 aliphatic carbocycles. The van der Waals surface area contributed by atoms with E-state index in [0.29, 0.717) is 30.5 Å². The fourth-order valence-electron chi connectivity index (χ4n) is 2.02. The van der Waals surface area contributed by atoms with Gasteiger partial charge in [0.15, 0.2) is 0 Å². The van der Waals surface area contributed by atoms with E-state index in [1.54, 1.807) is 25.2 Å². The second-order valence-electron chi connectivity index (χ2n) is 5.06. The molecule has 0 radical (unpaired) electrons. The van der Waals surface area contributed by atoms with E-state index in [4.69, 9.17) is 5.73 Å². The number of nitrogens with one attached hydrogen (secondary N) is 3. The maximum atomic E-state index is 11.5. The van der Waals surface area contributed by atoms with Crippen molar-refractivity contribution in [2.24, 2.45) is 5.73 Å². The summed E-state index contributed by atoms with van der Waals surface area (Å²) in [5, 5.41) is 7.35. The highest BCUT2D eigenvalue weighted by molar-refractivity contribution is 6.23. The first-order valence-corrected chi connectivity index (χ1v) is 7.55. The van der Waals surface area contributed by atoms with Crippen molar-refractivity contribution in [1.29, 1.82) is 0 Å². The molecule has 0 aromatic heterocycles. The van der Waals surface area contributed by atoms with E-state index in [9.17, 15) is 24.0 Å². The number of nitrogens with two attached hydrogens (primary N) is 1. The van der Waals surface area contributed by atoms with Crippen molar-refractivity contribution in [1.82, 2.24) is 10.6 Å². The van der Waals surface area contributed by atoms with Crippen LogP contribution < -0.4 is 21.7 Å². The SMILES string of the molecule is CNC(=O)CCCC=O.NC(=O)CNc1cccc2c1C(=O)NC2=O. The first-order valence-electron chi connectivity index (χ1n) is 7.55. The van der Waals surface area contributed by atoms with Crippen molar-refractivity contribution >= 4 is 35.6 Å². The molecule has 0 bridgehead atoms. The predicted molar refractivity (Wildman–Crippen MR) is 89.9 cm³/mol. The number of imide groups is 1. The van der Waals surface area contributed by atoms with Crippen LogP contribution in [-0.2, 0) is 14.4 Å². The van der Waals surface area contributed by atoms with E-state index in [-0.39, 0.29) is 18.0 Å². The maximum Gasteiger partial charge on any atom is 0.261 e. The number of anilines is 1. The molecule has 9 nitrogen and oxygen atoms in total. The first kappa shape index (κ1) is 19.8. The maximum absolute atomic E-state index is 11.5. The second-order valence-corrected chi connectivity index (χ2v) is 5.06. The van der Waals surface area contributed by atoms with E-state index in [1.165, 1.54) is 0 Å². The fourth-order valence-corrected chi connectivity index (χ4v) is 2.02. The fraction of sp³-hybridized carbons (Fsp3) is 0.312. The monoisotopic (exact) mass is 348 g/mol. The minimum absolute atomic E-state index is 0.00292. The smallest absolute Gasteiger partial charge is 0.261 e. The molecule has 0 atom stereocenters. The van der Waals surface area contributed by atoms with Gasteiger partial charge in [-0.2, -0.15) is 0 Å². The lowest BCUT2D eigenvalue weighted by Crippen LogP contribution is -2.23. The number of aldehydes is 1. The molecule has 5 N–H and O–H groups in total. The average Bonchev–Trinajstić information content (AvgIpc) is 2.88. The van der Waals surface area contributed by atoms with Gasteiger partial charge in [-0.1, -0.05) is 6.07 Å². The van der Waals surface area contributed by atoms with Crippen molar-refractivity contribution in [2.75, 3.05) is 18.9 Å². The van der Waals surface area contributed by atoms with Gasteiger partial charge in [0.05, 0.1) is 17.7 Å². The van der Waals surface area contributed by atoms with Gasteiger partial charge in [-0.05, 0) is 18.6 Å². The molecular formula is C16H20N4O5. The molecule has 1 aliphatic heterocycles. The molecule has 0 fully saturated rings. The van der Waals surface area contributed by atoms with Gasteiger partial charge in [-0.15, -0.1) is 0 Å². The van der Waals surface area contributed by atoms with E-state index in [2.05, 4.69) is 16.0 Å². The number of hydrogen-bond donors (Lipinski definition) is 4. The normalized spacial score (nSPS) is 11.6. The molecule has 0 saturated heterocycles. The number of fused-ring (bicyclic) bond motifs is 1. The number of primary amides is 1. The van der Waals surface area contributed by atoms with Crippen molar-refractivity contribution < 1.29 is 24.0 Å². The van der Waals surface area contributed by atoms with Gasteiger partial charge in [0.25, 0.3) is 11.8 Å². The minimum Gasteiger partial charge on any atom is -0.375 e. The van der Waals surface area contributed by atoms with Gasteiger partial charge in [0.1, 0.15) is 6.29 Å². The minimum atomic E-state index is -0.540. The summed E-state index contributed by atoms with van der Waals surface area (Å²) in [6.45, 7) is -0.0854. The summed E-state index contributed by atoms with van der Waals surface area (Å²) in [5.74, 6) is -1.44. The molecule has 2 rings (SSSR count). The molecule has 0 unspecified atom stereocenters. The van der Waals surface area contributed by atoms with Crippen LogP contribution in [0.25, 0.3) is 0 Å². The van der Waals surface area contributed by atoms with Crippen LogP contribution in [0.15, 0.2) is 18.2 Å². The van der Waals surface area contributed by atoms with E-state index < -0.39 is 17.7 Å². The van der Waals surface area contributed by atoms with Gasteiger partial charge < -0.3 is 21.2 Å². The summed E-state index contributed by atoms with van der Waals surface area (Å²) in [7, 11) is 1.59. The zero-order chi connectivity index (χ0) is 18.8. The topological polar surface area (TPSA) is 147 Å². The Morgan fingerprint density at radius 3 is 2.56 bits per heavy atom. The first-order chi connectivity index (χ1) is 11.9. The zero-order valence-electron chi connectivity index (χ0n) is 13.8. The van der Waals surface area contributed by atoms with E-state index in [0.717, 1.165) is 6.29 Å². The number of hydrogen-bond acceptors (Lipinski definition) is 6. The molecule has 0 saturated carbocycles. The molecule has 0 spiro atoms. The van der Waals surface area contributed by atoms with E-state index in [1.807, 2.05) is 0 Å². The number of rotatable bonds is 7. The summed E-state index contributed by atoms with van der Waals surface area (Å²) in [5.41, 5.74) is 5.97. The van der Waals surface area contributed by atoms with E-state index >= 15 is 0 Å². The van der Waals surface area contributed by atoms with Crippen molar-refractivity contribution in [2.45, 2.75) is 19.3 Å². The molecule has 1 aromatic carbocycles. The Labute approximate surface area is 144 Å². The van der Waals surface area contributed by atoms with Crippen LogP contribution >= 0.6 is 0 Å². The third-order valence-corrected chi connectivity index (χ3v) is 3.22. The Hall–Kier alpha value is -3.23. The molecule has 1 aliphatic rings. The van der Waals surface area contributed by atoms with Crippen LogP contribution in [-0.4, -0.2) is 43.5 Å². The highest BCUT2D eigenvalue weighted by atomic mass is 16.2. The molecule has 9 heteroatoms. The highest BCUT2D eigenvalue weighted by Gasteiger charge is 2.29. The van der Waals surface area contributed by atoms with Crippen LogP contribution in [0.4, 0.5) is 5.69 Å². The lowest BCUT2D eigenvalue weighted by Gasteiger charge is -2.06. The summed E-state index contributed by atoms with van der Waals surface area (Å²) in [4.78, 5) is 53.6. The van der Waals surface area contributed by atoms with Gasteiger partial charge in [-0.3, -0.25) is 24.5 Å². The Morgan fingerprint density at radius 1 is 1.24 bits per heavy atom. The van der Waals surface area contributed by atoms with Crippen molar-refractivity contribution in [3.8, 4) is 0 Å². The molecule has 1 aromatic rings. The predicted octanol–water partition coefficient (Wildman–Crippen LogP) is -0.431. The molecule has 1 heterocycles. The Balaban J connectivity index is 0.000000299. The van der Waals surface area contributed by atoms with Crippen molar-refractivity contribution in [3.63, 3.8) is 0 Å². The lowest BCUT2D eigenvalue weighted by molar-refractivity contribution is -0.120. The standard InChI is InChI=1S/C10H9N3O3.C6H11NO2/c11-7(14)4-12-6-3-1-2-5-8(6)10(16)13-9(5)15;1-7-6(9)4-2-3-5-8/h1-3,12H,4H2,(H2,11,14)(H,13,15,16);5H,2-4H2,1H3,(H,7,9). The number of carbonyl (C=O) groups excluding carboxylic acids is 5. The van der Waals surface area contributed by atoms with Crippen LogP contribution in [0.3, 0.4) is 0 Å². The summed E-state index contributed by atoms with van der Waals surface area (Å²) < 4.78 is 0. The van der Waals surface area contributed by atoms with Crippen LogP contribution in [0.2, 0.25) is 0 Å². The molecule has 134 valence electrons. The third-order valence-electron chi connectivity index (χ3n) is 3.22. The average molecular weight is 348 g/mol. The Bertz CT molecular complexity index is 687. The Kier molecular flexibility index (Phi) is 7.77. The number of carbonyl (C=O) groups is 5. The molecule has 25 heavy (non-hydrogen) atoms.